The summed E-state index contributed by atoms with van der Waals surface area (Å²) in [5.41, 5.74) is 1.32. The highest BCUT2D eigenvalue weighted by atomic mass is 19.4. The van der Waals surface area contributed by atoms with Crippen LogP contribution in [0, 0.1) is 0 Å². The zero-order chi connectivity index (χ0) is 21.1. The van der Waals surface area contributed by atoms with E-state index in [1.807, 2.05) is 12.1 Å². The molecule has 2 fully saturated rings. The van der Waals surface area contributed by atoms with Crippen LogP contribution in [0.5, 0.6) is 0 Å². The van der Waals surface area contributed by atoms with Gasteiger partial charge in [0.2, 0.25) is 5.56 Å². The standard InChI is InChI=1S/C23H28F3N3O/c24-23(25,26)20-3-1-2-19(14-20)18-5-7-21(8-6-18)29-12-10-28(11-13-29)16-17-4-9-22(30)27-15-17/h1-4,9,14-15,18,21H,5-8,10-13,16H2,(H,27,30). The minimum absolute atomic E-state index is 0.0793. The Labute approximate surface area is 174 Å². The summed E-state index contributed by atoms with van der Waals surface area (Å²) in [4.78, 5) is 18.9. The summed E-state index contributed by atoms with van der Waals surface area (Å²) >= 11 is 0. The van der Waals surface area contributed by atoms with E-state index in [0.29, 0.717) is 6.04 Å². The normalized spacial score (nSPS) is 24.1. The topological polar surface area (TPSA) is 39.3 Å². The van der Waals surface area contributed by atoms with Crippen molar-refractivity contribution >= 4 is 0 Å². The van der Waals surface area contributed by atoms with Crippen LogP contribution in [0.1, 0.15) is 48.3 Å². The van der Waals surface area contributed by atoms with E-state index < -0.39 is 11.7 Å². The van der Waals surface area contributed by atoms with Crippen LogP contribution in [0.2, 0.25) is 0 Å². The van der Waals surface area contributed by atoms with Crippen molar-refractivity contribution in [1.82, 2.24) is 14.8 Å². The summed E-state index contributed by atoms with van der Waals surface area (Å²) in [5.74, 6) is 0.227. The Bertz CT molecular complexity index is 875. The van der Waals surface area contributed by atoms with Gasteiger partial charge in [-0.15, -0.1) is 0 Å². The SMILES string of the molecule is O=c1ccc(CN2CCN(C3CCC(c4cccc(C(F)(F)F)c4)CC3)CC2)c[nH]1. The molecular formula is C23H28F3N3O. The van der Waals surface area contributed by atoms with Gasteiger partial charge in [-0.3, -0.25) is 14.6 Å². The molecule has 1 aromatic carbocycles. The molecule has 7 heteroatoms. The molecule has 1 saturated carbocycles. The minimum atomic E-state index is -4.28. The number of H-pyrrole nitrogens is 1. The van der Waals surface area contributed by atoms with Gasteiger partial charge in [-0.2, -0.15) is 13.2 Å². The number of pyridine rings is 1. The molecule has 1 aromatic heterocycles. The Morgan fingerprint density at radius 1 is 0.967 bits per heavy atom. The lowest BCUT2D eigenvalue weighted by molar-refractivity contribution is -0.137. The molecule has 0 atom stereocenters. The number of rotatable bonds is 4. The third-order valence-corrected chi connectivity index (χ3v) is 6.56. The van der Waals surface area contributed by atoms with E-state index in [0.717, 1.165) is 75.6 Å². The number of benzene rings is 1. The number of hydrogen-bond acceptors (Lipinski definition) is 3. The van der Waals surface area contributed by atoms with Crippen LogP contribution in [0.25, 0.3) is 0 Å². The number of aromatic amines is 1. The second-order valence-corrected chi connectivity index (χ2v) is 8.50. The maximum atomic E-state index is 13.0. The van der Waals surface area contributed by atoms with Gasteiger partial charge in [-0.05, 0) is 48.8 Å². The van der Waals surface area contributed by atoms with Gasteiger partial charge < -0.3 is 4.98 Å². The third-order valence-electron chi connectivity index (χ3n) is 6.56. The molecule has 2 heterocycles. The lowest BCUT2D eigenvalue weighted by Crippen LogP contribution is -2.50. The molecule has 162 valence electrons. The number of nitrogens with zero attached hydrogens (tertiary/aromatic N) is 2. The highest BCUT2D eigenvalue weighted by Gasteiger charge is 2.32. The molecule has 0 unspecified atom stereocenters. The van der Waals surface area contributed by atoms with Gasteiger partial charge in [0.05, 0.1) is 5.56 Å². The van der Waals surface area contributed by atoms with Crippen molar-refractivity contribution in [3.05, 3.63) is 69.6 Å². The Kier molecular flexibility index (Phi) is 6.29. The molecule has 4 nitrogen and oxygen atoms in total. The van der Waals surface area contributed by atoms with Gasteiger partial charge in [0.15, 0.2) is 0 Å². The summed E-state index contributed by atoms with van der Waals surface area (Å²) in [5, 5.41) is 0. The number of aromatic nitrogens is 1. The van der Waals surface area contributed by atoms with Gasteiger partial charge in [-0.25, -0.2) is 0 Å². The Morgan fingerprint density at radius 2 is 1.70 bits per heavy atom. The predicted molar refractivity (Wildman–Crippen MR) is 110 cm³/mol. The van der Waals surface area contributed by atoms with E-state index in [-0.39, 0.29) is 11.5 Å². The molecule has 0 bridgehead atoms. The quantitative estimate of drug-likeness (QED) is 0.806. The molecule has 1 saturated heterocycles. The first-order chi connectivity index (χ1) is 14.4. The molecule has 2 aromatic rings. The van der Waals surface area contributed by atoms with E-state index in [9.17, 15) is 18.0 Å². The Morgan fingerprint density at radius 3 is 2.33 bits per heavy atom. The van der Waals surface area contributed by atoms with Gasteiger partial charge >= 0.3 is 6.18 Å². The van der Waals surface area contributed by atoms with Crippen molar-refractivity contribution in [2.45, 2.75) is 50.4 Å². The zero-order valence-corrected chi connectivity index (χ0v) is 17.0. The second kappa shape index (κ2) is 8.94. The van der Waals surface area contributed by atoms with Crippen molar-refractivity contribution < 1.29 is 13.2 Å². The highest BCUT2D eigenvalue weighted by molar-refractivity contribution is 5.28. The summed E-state index contributed by atoms with van der Waals surface area (Å²) in [6.45, 7) is 4.86. The lowest BCUT2D eigenvalue weighted by Gasteiger charge is -2.42. The van der Waals surface area contributed by atoms with E-state index in [4.69, 9.17) is 0 Å². The first kappa shape index (κ1) is 21.1. The third kappa shape index (κ3) is 5.13. The average molecular weight is 419 g/mol. The molecule has 0 amide bonds. The number of alkyl halides is 3. The molecular weight excluding hydrogens is 391 g/mol. The first-order valence-corrected chi connectivity index (χ1v) is 10.7. The van der Waals surface area contributed by atoms with Crippen molar-refractivity contribution in [3.8, 4) is 0 Å². The minimum Gasteiger partial charge on any atom is -0.329 e. The smallest absolute Gasteiger partial charge is 0.329 e. The molecule has 0 radical (unpaired) electrons. The van der Waals surface area contributed by atoms with Gasteiger partial charge in [0.1, 0.15) is 0 Å². The molecule has 2 aliphatic rings. The van der Waals surface area contributed by atoms with E-state index >= 15 is 0 Å². The monoisotopic (exact) mass is 419 g/mol. The summed E-state index contributed by atoms with van der Waals surface area (Å²) < 4.78 is 39.0. The molecule has 1 N–H and O–H groups in total. The van der Waals surface area contributed by atoms with E-state index in [2.05, 4.69) is 14.8 Å². The van der Waals surface area contributed by atoms with E-state index in [1.54, 1.807) is 12.3 Å². The molecule has 4 rings (SSSR count). The van der Waals surface area contributed by atoms with Crippen LogP contribution in [0.15, 0.2) is 47.4 Å². The van der Waals surface area contributed by atoms with E-state index in [1.165, 1.54) is 12.1 Å². The van der Waals surface area contributed by atoms with Crippen molar-refractivity contribution in [1.29, 1.82) is 0 Å². The maximum Gasteiger partial charge on any atom is 0.416 e. The first-order valence-electron chi connectivity index (χ1n) is 10.7. The predicted octanol–water partition coefficient (Wildman–Crippen LogP) is 4.24. The molecule has 1 aliphatic carbocycles. The number of nitrogens with one attached hydrogen (secondary N) is 1. The van der Waals surface area contributed by atoms with Crippen LogP contribution in [0.3, 0.4) is 0 Å². The van der Waals surface area contributed by atoms with Crippen molar-refractivity contribution in [2.75, 3.05) is 26.2 Å². The Balaban J connectivity index is 1.26. The van der Waals surface area contributed by atoms with Crippen LogP contribution in [-0.2, 0) is 12.7 Å². The lowest BCUT2D eigenvalue weighted by atomic mass is 9.80. The van der Waals surface area contributed by atoms with Crippen LogP contribution in [-0.4, -0.2) is 47.0 Å². The summed E-state index contributed by atoms with van der Waals surface area (Å²) in [7, 11) is 0. The highest BCUT2D eigenvalue weighted by Crippen LogP contribution is 2.37. The average Bonchev–Trinajstić information content (AvgIpc) is 2.76. The fraction of sp³-hybridized carbons (Fsp3) is 0.522. The fourth-order valence-electron chi connectivity index (χ4n) is 4.83. The number of halogens is 3. The van der Waals surface area contributed by atoms with Gasteiger partial charge in [-0.1, -0.05) is 24.3 Å². The molecule has 1 aliphatic heterocycles. The zero-order valence-electron chi connectivity index (χ0n) is 17.0. The fourth-order valence-corrected chi connectivity index (χ4v) is 4.83. The second-order valence-electron chi connectivity index (χ2n) is 8.50. The number of piperazine rings is 1. The summed E-state index contributed by atoms with van der Waals surface area (Å²) in [6, 6.07) is 9.83. The van der Waals surface area contributed by atoms with Crippen molar-refractivity contribution in [2.24, 2.45) is 0 Å². The summed E-state index contributed by atoms with van der Waals surface area (Å²) in [6.07, 6.45) is 1.49. The van der Waals surface area contributed by atoms with Crippen LogP contribution >= 0.6 is 0 Å². The van der Waals surface area contributed by atoms with Crippen LogP contribution in [0.4, 0.5) is 13.2 Å². The molecule has 30 heavy (non-hydrogen) atoms. The Hall–Kier alpha value is -2.12. The van der Waals surface area contributed by atoms with Gasteiger partial charge in [0, 0.05) is 51.0 Å². The van der Waals surface area contributed by atoms with Gasteiger partial charge in [0.25, 0.3) is 0 Å². The van der Waals surface area contributed by atoms with Crippen molar-refractivity contribution in [3.63, 3.8) is 0 Å². The maximum absolute atomic E-state index is 13.0. The van der Waals surface area contributed by atoms with Crippen LogP contribution < -0.4 is 5.56 Å². The molecule has 0 spiro atoms. The number of hydrogen-bond donors (Lipinski definition) is 1. The largest absolute Gasteiger partial charge is 0.416 e.